The maximum atomic E-state index is 9.89. The number of aliphatic hydroxyl groups excluding tert-OH is 2. The first-order valence-electron chi connectivity index (χ1n) is 5.02. The van der Waals surface area contributed by atoms with E-state index in [4.69, 9.17) is 19.8 Å². The molecule has 0 aliphatic carbocycles. The molecular weight excluding hydrogens is 243 g/mol. The summed E-state index contributed by atoms with van der Waals surface area (Å²) >= 11 is 0. The number of aliphatic hydroxyl groups is 2. The van der Waals surface area contributed by atoms with Crippen LogP contribution in [0.5, 0.6) is 0 Å². The molecule has 5 nitrogen and oxygen atoms in total. The lowest BCUT2D eigenvalue weighted by molar-refractivity contribution is 0.00638. The minimum absolute atomic E-state index is 0.0247. The van der Waals surface area contributed by atoms with Crippen molar-refractivity contribution >= 4 is 8.60 Å². The third-order valence-corrected chi connectivity index (χ3v) is 2.26. The second-order valence-corrected chi connectivity index (χ2v) is 4.76. The van der Waals surface area contributed by atoms with Crippen LogP contribution >= 0.6 is 8.60 Å². The Bertz CT molecular complexity index is 299. The van der Waals surface area contributed by atoms with E-state index in [1.807, 2.05) is 44.2 Å². The highest BCUT2D eigenvalue weighted by molar-refractivity contribution is 7.38. The van der Waals surface area contributed by atoms with E-state index >= 15 is 0 Å². The van der Waals surface area contributed by atoms with Crippen LogP contribution in [0.3, 0.4) is 0 Å². The summed E-state index contributed by atoms with van der Waals surface area (Å²) in [6, 6.07) is 9.39. The van der Waals surface area contributed by atoms with Gasteiger partial charge in [0.2, 0.25) is 0 Å². The molecule has 6 heteroatoms. The van der Waals surface area contributed by atoms with E-state index in [1.165, 1.54) is 0 Å². The summed E-state index contributed by atoms with van der Waals surface area (Å²) in [7, 11) is -2.62. The molecular formula is C11H19O5P. The highest BCUT2D eigenvalue weighted by atomic mass is 31.2. The van der Waals surface area contributed by atoms with Crippen LogP contribution in [0.15, 0.2) is 30.3 Å². The average Bonchev–Trinajstić information content (AvgIpc) is 2.28. The van der Waals surface area contributed by atoms with Crippen LogP contribution in [-0.4, -0.2) is 31.5 Å². The molecule has 98 valence electrons. The molecule has 0 aliphatic rings. The Labute approximate surface area is 102 Å². The molecule has 1 atom stereocenters. The summed E-state index contributed by atoms with van der Waals surface area (Å²) < 4.78 is 0. The van der Waals surface area contributed by atoms with E-state index < -0.39 is 20.1 Å². The van der Waals surface area contributed by atoms with Crippen LogP contribution in [-0.2, 0) is 0 Å². The molecule has 0 spiro atoms. The zero-order valence-corrected chi connectivity index (χ0v) is 10.7. The molecule has 0 saturated heterocycles. The lowest BCUT2D eigenvalue weighted by Crippen LogP contribution is -2.25. The first-order chi connectivity index (χ1) is 7.81. The van der Waals surface area contributed by atoms with Gasteiger partial charge in [0.25, 0.3) is 0 Å². The van der Waals surface area contributed by atoms with E-state index in [9.17, 15) is 5.11 Å². The molecule has 0 saturated carbocycles. The summed E-state index contributed by atoms with van der Waals surface area (Å²) in [5.74, 6) is 0. The van der Waals surface area contributed by atoms with E-state index in [0.29, 0.717) is 0 Å². The summed E-state index contributed by atoms with van der Waals surface area (Å²) in [4.78, 5) is 21.7. The first kappa shape index (κ1) is 16.4. The second kappa shape index (κ2) is 7.71. The standard InChI is InChI=1S/C11H16O2.H3O3P/c1-11(2,8-12)10(13)9-6-4-3-5-7-9;1-4(2)3/h3-7,10,12-13H,8H2,1-2H3;1-3H. The fourth-order valence-corrected chi connectivity index (χ4v) is 1.17. The number of hydrogen-bond acceptors (Lipinski definition) is 5. The van der Waals surface area contributed by atoms with Crippen molar-refractivity contribution in [1.82, 2.24) is 0 Å². The van der Waals surface area contributed by atoms with E-state index in [0.717, 1.165) is 5.56 Å². The summed E-state index contributed by atoms with van der Waals surface area (Å²) in [5.41, 5.74) is 0.364. The van der Waals surface area contributed by atoms with Crippen molar-refractivity contribution < 1.29 is 24.9 Å². The Balaban J connectivity index is 0.000000557. The van der Waals surface area contributed by atoms with Crippen LogP contribution in [0.4, 0.5) is 0 Å². The Morgan fingerprint density at radius 2 is 1.53 bits per heavy atom. The van der Waals surface area contributed by atoms with Gasteiger partial charge < -0.3 is 24.9 Å². The maximum absolute atomic E-state index is 9.89. The van der Waals surface area contributed by atoms with Gasteiger partial charge in [-0.1, -0.05) is 44.2 Å². The van der Waals surface area contributed by atoms with Crippen molar-refractivity contribution in [1.29, 1.82) is 0 Å². The van der Waals surface area contributed by atoms with Crippen LogP contribution in [0.25, 0.3) is 0 Å². The molecule has 5 N–H and O–H groups in total. The first-order valence-corrected chi connectivity index (χ1v) is 6.22. The van der Waals surface area contributed by atoms with Gasteiger partial charge in [0.05, 0.1) is 12.7 Å². The van der Waals surface area contributed by atoms with Crippen molar-refractivity contribution in [2.75, 3.05) is 6.61 Å². The lowest BCUT2D eigenvalue weighted by atomic mass is 9.83. The maximum Gasteiger partial charge on any atom is 0.324 e. The molecule has 0 amide bonds. The number of rotatable bonds is 3. The third-order valence-electron chi connectivity index (χ3n) is 2.26. The van der Waals surface area contributed by atoms with Crippen molar-refractivity contribution in [3.05, 3.63) is 35.9 Å². The van der Waals surface area contributed by atoms with Crippen molar-refractivity contribution in [3.8, 4) is 0 Å². The molecule has 0 bridgehead atoms. The fourth-order valence-electron chi connectivity index (χ4n) is 1.17. The molecule has 1 aromatic rings. The van der Waals surface area contributed by atoms with Gasteiger partial charge in [-0.05, 0) is 5.56 Å². The largest absolute Gasteiger partial charge is 0.396 e. The summed E-state index contributed by atoms with van der Waals surface area (Å²) in [5, 5.41) is 19.0. The van der Waals surface area contributed by atoms with E-state index in [-0.39, 0.29) is 6.61 Å². The zero-order valence-electron chi connectivity index (χ0n) is 9.85. The van der Waals surface area contributed by atoms with Crippen LogP contribution < -0.4 is 0 Å². The smallest absolute Gasteiger partial charge is 0.324 e. The van der Waals surface area contributed by atoms with Gasteiger partial charge in [-0.2, -0.15) is 0 Å². The molecule has 0 heterocycles. The molecule has 1 rings (SSSR count). The summed E-state index contributed by atoms with van der Waals surface area (Å²) in [6.45, 7) is 3.65. The Hall–Kier alpha value is -0.550. The van der Waals surface area contributed by atoms with Gasteiger partial charge in [-0.15, -0.1) is 0 Å². The lowest BCUT2D eigenvalue weighted by Gasteiger charge is -2.28. The van der Waals surface area contributed by atoms with Crippen LogP contribution in [0, 0.1) is 5.41 Å². The third kappa shape index (κ3) is 6.68. The molecule has 1 aromatic carbocycles. The van der Waals surface area contributed by atoms with Gasteiger partial charge in [0, 0.05) is 5.41 Å². The zero-order chi connectivity index (χ0) is 13.5. The SMILES string of the molecule is CC(C)(CO)C(O)c1ccccc1.OP(O)O. The van der Waals surface area contributed by atoms with Crippen molar-refractivity contribution in [2.45, 2.75) is 20.0 Å². The minimum Gasteiger partial charge on any atom is -0.396 e. The van der Waals surface area contributed by atoms with Gasteiger partial charge in [-0.3, -0.25) is 0 Å². The molecule has 0 fully saturated rings. The predicted molar refractivity (Wildman–Crippen MR) is 65.8 cm³/mol. The molecule has 17 heavy (non-hydrogen) atoms. The Morgan fingerprint density at radius 3 is 1.88 bits per heavy atom. The van der Waals surface area contributed by atoms with E-state index in [1.54, 1.807) is 0 Å². The van der Waals surface area contributed by atoms with E-state index in [2.05, 4.69) is 0 Å². The van der Waals surface area contributed by atoms with Gasteiger partial charge in [-0.25, -0.2) is 0 Å². The predicted octanol–water partition coefficient (Wildman–Crippen LogP) is 0.929. The fraction of sp³-hybridized carbons (Fsp3) is 0.455. The average molecular weight is 262 g/mol. The highest BCUT2D eigenvalue weighted by Gasteiger charge is 2.27. The van der Waals surface area contributed by atoms with Gasteiger partial charge in [0.15, 0.2) is 0 Å². The molecule has 1 unspecified atom stereocenters. The molecule has 0 aromatic heterocycles. The van der Waals surface area contributed by atoms with Crippen LogP contribution in [0.1, 0.15) is 25.5 Å². The second-order valence-electron chi connectivity index (χ2n) is 4.23. The van der Waals surface area contributed by atoms with Crippen molar-refractivity contribution in [3.63, 3.8) is 0 Å². The number of hydrogen-bond donors (Lipinski definition) is 5. The highest BCUT2D eigenvalue weighted by Crippen LogP contribution is 2.32. The molecule has 0 radical (unpaired) electrons. The Kier molecular flexibility index (Phi) is 7.46. The topological polar surface area (TPSA) is 101 Å². The van der Waals surface area contributed by atoms with Crippen LogP contribution in [0.2, 0.25) is 0 Å². The molecule has 0 aliphatic heterocycles. The quantitative estimate of drug-likeness (QED) is 0.522. The van der Waals surface area contributed by atoms with Gasteiger partial charge in [0.1, 0.15) is 0 Å². The van der Waals surface area contributed by atoms with Gasteiger partial charge >= 0.3 is 8.60 Å². The monoisotopic (exact) mass is 262 g/mol. The van der Waals surface area contributed by atoms with Crippen molar-refractivity contribution in [2.24, 2.45) is 5.41 Å². The normalized spacial score (nSPS) is 12.9. The minimum atomic E-state index is -2.62. The summed E-state index contributed by atoms with van der Waals surface area (Å²) in [6.07, 6.45) is -0.612. The number of benzene rings is 1. The Morgan fingerprint density at radius 1 is 1.12 bits per heavy atom.